The van der Waals surface area contributed by atoms with E-state index in [1.165, 1.54) is 36.5 Å². The summed E-state index contributed by atoms with van der Waals surface area (Å²) in [5, 5.41) is 6.97. The standard InChI is InChI=1S/C26H25F6N7O3/c1-3-41-23(40)21-17-6-4-15-13-33-24(35-20(15)22(17)39(36-21)14-25(27,28)29)34-18-12-16(38-10-8-37(2)9-11-38)5-7-19(18)42-26(30,31)32/h4-7,12-13H,3,8-11,14H2,1-2H3,(H,33,34,35). The average molecular weight is 598 g/mol. The fourth-order valence-corrected chi connectivity index (χ4v) is 4.67. The molecule has 1 aliphatic heterocycles. The van der Waals surface area contributed by atoms with E-state index in [0.717, 1.165) is 13.1 Å². The zero-order chi connectivity index (χ0) is 30.2. The Morgan fingerprint density at radius 2 is 1.79 bits per heavy atom. The third-order valence-electron chi connectivity index (χ3n) is 6.56. The van der Waals surface area contributed by atoms with Gasteiger partial charge in [-0.3, -0.25) is 4.68 Å². The number of anilines is 3. The zero-order valence-electron chi connectivity index (χ0n) is 22.4. The van der Waals surface area contributed by atoms with Gasteiger partial charge in [-0.25, -0.2) is 14.8 Å². The summed E-state index contributed by atoms with van der Waals surface area (Å²) in [4.78, 5) is 25.1. The Hall–Kier alpha value is -4.34. The van der Waals surface area contributed by atoms with E-state index in [4.69, 9.17) is 4.74 Å². The number of fused-ring (bicyclic) bond motifs is 3. The Morgan fingerprint density at radius 3 is 2.45 bits per heavy atom. The van der Waals surface area contributed by atoms with Gasteiger partial charge in [-0.2, -0.15) is 18.3 Å². The van der Waals surface area contributed by atoms with Crippen LogP contribution >= 0.6 is 0 Å². The van der Waals surface area contributed by atoms with Gasteiger partial charge in [0.1, 0.15) is 12.1 Å². The SMILES string of the molecule is CCOC(=O)c1nn(CC(F)(F)F)c2c1ccc1cnc(Nc3cc(N4CCN(C)CC4)ccc3OC(F)(F)F)nc12. The van der Waals surface area contributed by atoms with Crippen molar-refractivity contribution in [3.8, 4) is 5.75 Å². The first-order chi connectivity index (χ1) is 19.8. The molecular weight excluding hydrogens is 572 g/mol. The number of nitrogens with zero attached hydrogens (tertiary/aromatic N) is 6. The maximum Gasteiger partial charge on any atom is 0.573 e. The second kappa shape index (κ2) is 11.2. The molecule has 0 unspecified atom stereocenters. The minimum Gasteiger partial charge on any atom is -0.461 e. The molecule has 0 bridgehead atoms. The quantitative estimate of drug-likeness (QED) is 0.230. The summed E-state index contributed by atoms with van der Waals surface area (Å²) in [6.45, 7) is 2.80. The number of ether oxygens (including phenoxy) is 2. The number of carbonyl (C=O) groups excluding carboxylic acids is 1. The van der Waals surface area contributed by atoms with Gasteiger partial charge in [-0.1, -0.05) is 6.07 Å². The minimum atomic E-state index is -4.99. The van der Waals surface area contributed by atoms with E-state index in [0.29, 0.717) is 28.8 Å². The molecular formula is C26H25F6N7O3. The molecule has 0 radical (unpaired) electrons. The summed E-state index contributed by atoms with van der Waals surface area (Å²) in [5.74, 6) is -1.67. The van der Waals surface area contributed by atoms with E-state index < -0.39 is 30.8 Å². The van der Waals surface area contributed by atoms with Crippen molar-refractivity contribution in [3.05, 3.63) is 42.2 Å². The molecule has 10 nitrogen and oxygen atoms in total. The fraction of sp³-hybridized carbons (Fsp3) is 0.385. The first kappa shape index (κ1) is 29.2. The van der Waals surface area contributed by atoms with Gasteiger partial charge in [0.2, 0.25) is 5.95 Å². The van der Waals surface area contributed by atoms with Crippen LogP contribution in [0.1, 0.15) is 17.4 Å². The van der Waals surface area contributed by atoms with Gasteiger partial charge in [0.15, 0.2) is 11.4 Å². The number of alkyl halides is 6. The summed E-state index contributed by atoms with van der Waals surface area (Å²) < 4.78 is 89.8. The molecule has 0 amide bonds. The van der Waals surface area contributed by atoms with E-state index in [1.807, 2.05) is 11.9 Å². The van der Waals surface area contributed by atoms with Gasteiger partial charge < -0.3 is 24.6 Å². The smallest absolute Gasteiger partial charge is 0.461 e. The molecule has 0 atom stereocenters. The highest BCUT2D eigenvalue weighted by Crippen LogP contribution is 2.36. The van der Waals surface area contributed by atoms with Crippen LogP contribution in [0.2, 0.25) is 0 Å². The Balaban J connectivity index is 1.60. The average Bonchev–Trinajstić information content (AvgIpc) is 3.27. The van der Waals surface area contributed by atoms with Crippen molar-refractivity contribution in [1.82, 2.24) is 24.6 Å². The number of halogens is 6. The van der Waals surface area contributed by atoms with Gasteiger partial charge in [-0.05, 0) is 38.2 Å². The first-order valence-corrected chi connectivity index (χ1v) is 12.8. The third kappa shape index (κ3) is 6.42. The van der Waals surface area contributed by atoms with Gasteiger partial charge in [-0.15, -0.1) is 13.2 Å². The number of likely N-dealkylation sites (N-methyl/N-ethyl adjacent to an activating group) is 1. The second-order valence-electron chi connectivity index (χ2n) is 9.58. The molecule has 1 fully saturated rings. The molecule has 224 valence electrons. The van der Waals surface area contributed by atoms with Crippen molar-refractivity contribution in [3.63, 3.8) is 0 Å². The van der Waals surface area contributed by atoms with Crippen LogP contribution in [0.4, 0.5) is 43.7 Å². The van der Waals surface area contributed by atoms with Crippen LogP contribution in [0.15, 0.2) is 36.5 Å². The van der Waals surface area contributed by atoms with E-state index >= 15 is 0 Å². The Bertz CT molecular complexity index is 1610. The number of rotatable bonds is 7. The molecule has 16 heteroatoms. The van der Waals surface area contributed by atoms with Crippen LogP contribution in [0, 0.1) is 0 Å². The zero-order valence-corrected chi connectivity index (χ0v) is 22.4. The number of aromatic nitrogens is 4. The summed E-state index contributed by atoms with van der Waals surface area (Å²) in [5.41, 5.74) is 0.0749. The summed E-state index contributed by atoms with van der Waals surface area (Å²) in [7, 11) is 1.97. The van der Waals surface area contributed by atoms with E-state index in [1.54, 1.807) is 6.92 Å². The minimum absolute atomic E-state index is 0.00851. The monoisotopic (exact) mass is 597 g/mol. The first-order valence-electron chi connectivity index (χ1n) is 12.8. The van der Waals surface area contributed by atoms with Crippen molar-refractivity contribution >= 4 is 45.1 Å². The molecule has 0 spiro atoms. The van der Waals surface area contributed by atoms with Gasteiger partial charge in [0.25, 0.3) is 0 Å². The molecule has 0 saturated carbocycles. The molecule has 1 aliphatic rings. The Labute approximate surface area is 234 Å². The lowest BCUT2D eigenvalue weighted by molar-refractivity contribution is -0.274. The van der Waals surface area contributed by atoms with Crippen molar-refractivity contribution < 1.29 is 40.6 Å². The van der Waals surface area contributed by atoms with Crippen LogP contribution in [-0.4, -0.2) is 83.0 Å². The van der Waals surface area contributed by atoms with Gasteiger partial charge in [0.05, 0.1) is 17.8 Å². The summed E-state index contributed by atoms with van der Waals surface area (Å²) >= 11 is 0. The third-order valence-corrected chi connectivity index (χ3v) is 6.56. The number of hydrogen-bond donors (Lipinski definition) is 1. The van der Waals surface area contributed by atoms with Crippen molar-refractivity contribution in [1.29, 1.82) is 0 Å². The van der Waals surface area contributed by atoms with Crippen LogP contribution in [-0.2, 0) is 11.3 Å². The van der Waals surface area contributed by atoms with Crippen LogP contribution in [0.5, 0.6) is 5.75 Å². The molecule has 3 heterocycles. The van der Waals surface area contributed by atoms with E-state index in [-0.39, 0.29) is 40.4 Å². The molecule has 1 N–H and O–H groups in total. The highest BCUT2D eigenvalue weighted by molar-refractivity contribution is 6.10. The fourth-order valence-electron chi connectivity index (χ4n) is 4.67. The van der Waals surface area contributed by atoms with E-state index in [9.17, 15) is 31.1 Å². The summed E-state index contributed by atoms with van der Waals surface area (Å²) in [6.07, 6.45) is -8.38. The number of hydrogen-bond acceptors (Lipinski definition) is 9. The molecule has 1 saturated heterocycles. The number of nitrogens with one attached hydrogen (secondary N) is 1. The maximum absolute atomic E-state index is 13.5. The van der Waals surface area contributed by atoms with Crippen LogP contribution in [0.25, 0.3) is 21.8 Å². The van der Waals surface area contributed by atoms with E-state index in [2.05, 4.69) is 30.0 Å². The Kier molecular flexibility index (Phi) is 7.74. The van der Waals surface area contributed by atoms with Crippen molar-refractivity contribution in [2.24, 2.45) is 0 Å². The normalized spacial score (nSPS) is 14.9. The number of esters is 1. The second-order valence-corrected chi connectivity index (χ2v) is 9.58. The largest absolute Gasteiger partial charge is 0.573 e. The van der Waals surface area contributed by atoms with Crippen molar-refractivity contribution in [2.75, 3.05) is 50.1 Å². The molecule has 5 rings (SSSR count). The molecule has 2 aromatic carbocycles. The predicted octanol–water partition coefficient (Wildman–Crippen LogP) is 5.11. The maximum atomic E-state index is 13.5. The highest BCUT2D eigenvalue weighted by Gasteiger charge is 2.33. The number of benzene rings is 2. The number of carbonyl (C=O) groups is 1. The number of piperazine rings is 1. The Morgan fingerprint density at radius 1 is 1.05 bits per heavy atom. The lowest BCUT2D eigenvalue weighted by Gasteiger charge is -2.34. The topological polar surface area (TPSA) is 97.6 Å². The lowest BCUT2D eigenvalue weighted by atomic mass is 10.1. The molecule has 4 aromatic rings. The van der Waals surface area contributed by atoms with Crippen LogP contribution < -0.4 is 15.0 Å². The van der Waals surface area contributed by atoms with Crippen molar-refractivity contribution in [2.45, 2.75) is 26.0 Å². The van der Waals surface area contributed by atoms with Gasteiger partial charge >= 0.3 is 18.5 Å². The molecule has 2 aromatic heterocycles. The summed E-state index contributed by atoms with van der Waals surface area (Å²) in [6, 6.07) is 7.06. The van der Waals surface area contributed by atoms with Crippen LogP contribution in [0.3, 0.4) is 0 Å². The molecule has 0 aliphatic carbocycles. The molecule has 42 heavy (non-hydrogen) atoms. The predicted molar refractivity (Wildman–Crippen MR) is 141 cm³/mol. The van der Waals surface area contributed by atoms with Gasteiger partial charge in [0, 0.05) is 48.8 Å². The highest BCUT2D eigenvalue weighted by atomic mass is 19.4. The lowest BCUT2D eigenvalue weighted by Crippen LogP contribution is -2.44.